The van der Waals surface area contributed by atoms with E-state index in [1.165, 1.54) is 6.92 Å². The van der Waals surface area contributed by atoms with Gasteiger partial charge in [0.1, 0.15) is 11.7 Å². The molecule has 0 unspecified atom stereocenters. The molecule has 6 nitrogen and oxygen atoms in total. The predicted octanol–water partition coefficient (Wildman–Crippen LogP) is 2.72. The zero-order valence-electron chi connectivity index (χ0n) is 16.5. The Labute approximate surface area is 154 Å². The molecule has 0 radical (unpaired) electrons. The summed E-state index contributed by atoms with van der Waals surface area (Å²) >= 11 is 0. The fourth-order valence-electron chi connectivity index (χ4n) is 4.36. The number of ketones is 1. The number of rotatable bonds is 4. The van der Waals surface area contributed by atoms with Crippen LogP contribution in [0.5, 0.6) is 0 Å². The smallest absolute Gasteiger partial charge is 0.305 e. The molecule has 0 spiro atoms. The van der Waals surface area contributed by atoms with Crippen molar-refractivity contribution in [2.75, 3.05) is 0 Å². The second kappa shape index (κ2) is 7.14. The molecule has 0 saturated heterocycles. The molecular weight excluding hydrogens is 336 g/mol. The number of hydrogen-bond donors (Lipinski definition) is 1. The van der Waals surface area contributed by atoms with Crippen molar-refractivity contribution in [2.45, 2.75) is 84.5 Å². The third-order valence-electron chi connectivity index (χ3n) is 5.97. The van der Waals surface area contributed by atoms with Gasteiger partial charge in [0.25, 0.3) is 0 Å². The normalized spacial score (nSPS) is 32.1. The highest BCUT2D eigenvalue weighted by Crippen LogP contribution is 2.50. The van der Waals surface area contributed by atoms with E-state index in [-0.39, 0.29) is 36.4 Å². The lowest BCUT2D eigenvalue weighted by atomic mass is 9.80. The largest absolute Gasteiger partial charge is 0.462 e. The SMILES string of the molecule is CCC(=O)O[C@@H]1C[C@H](C)[C@@]2(O)CC(=O)C(C)=C2C[C@@H]1C(C)(C)OC(C)=O. The minimum absolute atomic E-state index is 0.0533. The molecule has 0 heterocycles. The molecule has 2 aliphatic carbocycles. The highest BCUT2D eigenvalue weighted by molar-refractivity contribution is 6.00. The Balaban J connectivity index is 2.50. The number of ether oxygens (including phenoxy) is 2. The number of carbonyl (C=O) groups excluding carboxylic acids is 3. The van der Waals surface area contributed by atoms with Crippen LogP contribution in [0, 0.1) is 11.8 Å². The van der Waals surface area contributed by atoms with E-state index in [0.29, 0.717) is 24.0 Å². The zero-order valence-corrected chi connectivity index (χ0v) is 16.5. The van der Waals surface area contributed by atoms with Gasteiger partial charge in [-0.3, -0.25) is 14.4 Å². The van der Waals surface area contributed by atoms with Crippen LogP contribution in [0.2, 0.25) is 0 Å². The molecule has 26 heavy (non-hydrogen) atoms. The Morgan fingerprint density at radius 2 is 1.96 bits per heavy atom. The van der Waals surface area contributed by atoms with Crippen LogP contribution in [0.3, 0.4) is 0 Å². The van der Waals surface area contributed by atoms with Crippen molar-refractivity contribution in [1.29, 1.82) is 0 Å². The van der Waals surface area contributed by atoms with Crippen molar-refractivity contribution in [2.24, 2.45) is 11.8 Å². The Hall–Kier alpha value is -1.69. The molecule has 0 aromatic heterocycles. The molecule has 1 saturated carbocycles. The third-order valence-corrected chi connectivity index (χ3v) is 5.97. The van der Waals surface area contributed by atoms with Crippen molar-refractivity contribution in [3.8, 4) is 0 Å². The number of carbonyl (C=O) groups is 3. The minimum Gasteiger partial charge on any atom is -0.462 e. The van der Waals surface area contributed by atoms with Crippen LogP contribution < -0.4 is 0 Å². The van der Waals surface area contributed by atoms with Crippen molar-refractivity contribution < 1.29 is 29.0 Å². The number of fused-ring (bicyclic) bond motifs is 1. The van der Waals surface area contributed by atoms with Crippen LogP contribution in [0.1, 0.15) is 67.2 Å². The summed E-state index contributed by atoms with van der Waals surface area (Å²) in [5.74, 6) is -1.41. The van der Waals surface area contributed by atoms with Crippen LogP contribution in [-0.2, 0) is 23.9 Å². The van der Waals surface area contributed by atoms with Gasteiger partial charge in [-0.15, -0.1) is 0 Å². The maximum atomic E-state index is 12.3. The van der Waals surface area contributed by atoms with E-state index < -0.39 is 23.3 Å². The van der Waals surface area contributed by atoms with E-state index in [4.69, 9.17) is 9.47 Å². The first kappa shape index (κ1) is 20.6. The van der Waals surface area contributed by atoms with Gasteiger partial charge < -0.3 is 14.6 Å². The van der Waals surface area contributed by atoms with E-state index in [2.05, 4.69) is 0 Å². The number of allylic oxidation sites excluding steroid dienone is 1. The van der Waals surface area contributed by atoms with Gasteiger partial charge in [-0.25, -0.2) is 0 Å². The standard InChI is InChI=1S/C20H30O6/c1-7-18(23)25-17-8-11(2)20(24)10-16(22)12(3)14(20)9-15(17)19(5,6)26-13(4)21/h11,15,17,24H,7-10H2,1-6H3/t11-,15-,17+,20-/m0/s1. The first-order chi connectivity index (χ1) is 11.9. The lowest BCUT2D eigenvalue weighted by Gasteiger charge is -2.38. The lowest BCUT2D eigenvalue weighted by Crippen LogP contribution is -2.44. The van der Waals surface area contributed by atoms with Crippen LogP contribution in [0.15, 0.2) is 11.1 Å². The van der Waals surface area contributed by atoms with Gasteiger partial charge in [-0.05, 0) is 50.7 Å². The summed E-state index contributed by atoms with van der Waals surface area (Å²) in [6.45, 7) is 10.2. The molecule has 6 heteroatoms. The number of esters is 2. The molecule has 0 amide bonds. The quantitative estimate of drug-likeness (QED) is 0.770. The molecule has 1 fully saturated rings. The van der Waals surface area contributed by atoms with Crippen molar-refractivity contribution >= 4 is 17.7 Å². The van der Waals surface area contributed by atoms with Gasteiger partial charge >= 0.3 is 11.9 Å². The summed E-state index contributed by atoms with van der Waals surface area (Å²) in [6, 6.07) is 0. The van der Waals surface area contributed by atoms with E-state index in [1.54, 1.807) is 27.7 Å². The summed E-state index contributed by atoms with van der Waals surface area (Å²) in [5.41, 5.74) is -0.867. The number of aliphatic hydroxyl groups is 1. The van der Waals surface area contributed by atoms with E-state index in [1.807, 2.05) is 6.92 Å². The molecule has 1 N–H and O–H groups in total. The zero-order chi connectivity index (χ0) is 19.9. The number of hydrogen-bond acceptors (Lipinski definition) is 6. The summed E-state index contributed by atoms with van der Waals surface area (Å²) in [7, 11) is 0. The fourth-order valence-corrected chi connectivity index (χ4v) is 4.36. The second-order valence-corrected chi connectivity index (χ2v) is 8.15. The average molecular weight is 366 g/mol. The number of Topliss-reactive ketones (excluding diaryl/α,β-unsaturated/α-hetero) is 1. The monoisotopic (exact) mass is 366 g/mol. The Kier molecular flexibility index (Phi) is 5.66. The maximum absolute atomic E-state index is 12.3. The summed E-state index contributed by atoms with van der Waals surface area (Å²) in [6.07, 6.45) is 0.555. The molecule has 0 aliphatic heterocycles. The van der Waals surface area contributed by atoms with Gasteiger partial charge in [0.05, 0.1) is 5.60 Å². The molecule has 0 aromatic rings. The van der Waals surface area contributed by atoms with E-state index >= 15 is 0 Å². The van der Waals surface area contributed by atoms with E-state index in [0.717, 1.165) is 0 Å². The predicted molar refractivity (Wildman–Crippen MR) is 95.2 cm³/mol. The maximum Gasteiger partial charge on any atom is 0.305 e. The van der Waals surface area contributed by atoms with E-state index in [9.17, 15) is 19.5 Å². The van der Waals surface area contributed by atoms with Crippen LogP contribution in [0.25, 0.3) is 0 Å². The third kappa shape index (κ3) is 3.70. The highest BCUT2D eigenvalue weighted by Gasteiger charge is 2.54. The van der Waals surface area contributed by atoms with Gasteiger partial charge in [-0.2, -0.15) is 0 Å². The second-order valence-electron chi connectivity index (χ2n) is 8.15. The van der Waals surface area contributed by atoms with Gasteiger partial charge in [-0.1, -0.05) is 13.8 Å². The fraction of sp³-hybridized carbons (Fsp3) is 0.750. The molecule has 0 bridgehead atoms. The van der Waals surface area contributed by atoms with Crippen molar-refractivity contribution in [3.05, 3.63) is 11.1 Å². The first-order valence-corrected chi connectivity index (χ1v) is 9.27. The highest BCUT2D eigenvalue weighted by atomic mass is 16.6. The molecule has 4 atom stereocenters. The topological polar surface area (TPSA) is 89.9 Å². The Morgan fingerprint density at radius 1 is 1.35 bits per heavy atom. The van der Waals surface area contributed by atoms with Gasteiger partial charge in [0, 0.05) is 25.7 Å². The van der Waals surface area contributed by atoms with Crippen molar-refractivity contribution in [1.82, 2.24) is 0 Å². The van der Waals surface area contributed by atoms with Crippen LogP contribution in [-0.4, -0.2) is 40.1 Å². The molecule has 146 valence electrons. The Morgan fingerprint density at radius 3 is 2.50 bits per heavy atom. The lowest BCUT2D eigenvalue weighted by molar-refractivity contribution is -0.172. The van der Waals surface area contributed by atoms with Crippen molar-refractivity contribution in [3.63, 3.8) is 0 Å². The van der Waals surface area contributed by atoms with Gasteiger partial charge in [0.15, 0.2) is 5.78 Å². The molecule has 2 rings (SSSR count). The van der Waals surface area contributed by atoms with Crippen LogP contribution in [0.4, 0.5) is 0 Å². The van der Waals surface area contributed by atoms with Crippen LogP contribution >= 0.6 is 0 Å². The summed E-state index contributed by atoms with van der Waals surface area (Å²) in [4.78, 5) is 35.8. The molecule has 0 aromatic carbocycles. The summed E-state index contributed by atoms with van der Waals surface area (Å²) in [5, 5.41) is 11.2. The molecule has 2 aliphatic rings. The minimum atomic E-state index is -1.22. The van der Waals surface area contributed by atoms with Gasteiger partial charge in [0.2, 0.25) is 0 Å². The first-order valence-electron chi connectivity index (χ1n) is 9.27. The average Bonchev–Trinajstić information content (AvgIpc) is 2.66. The molecular formula is C20H30O6. The summed E-state index contributed by atoms with van der Waals surface area (Å²) < 4.78 is 11.2. The Bertz CT molecular complexity index is 647.